The van der Waals surface area contributed by atoms with Crippen LogP contribution in [0.5, 0.6) is 0 Å². The van der Waals surface area contributed by atoms with Crippen molar-refractivity contribution in [3.8, 4) is 0 Å². The van der Waals surface area contributed by atoms with Crippen LogP contribution in [-0.2, 0) is 0 Å². The molecule has 0 radical (unpaired) electrons. The summed E-state index contributed by atoms with van der Waals surface area (Å²) < 4.78 is 0. The van der Waals surface area contributed by atoms with E-state index in [1.165, 1.54) is 25.0 Å². The minimum atomic E-state index is 0. The molecule has 0 bridgehead atoms. The van der Waals surface area contributed by atoms with Crippen molar-refractivity contribution in [3.05, 3.63) is 12.3 Å². The highest BCUT2D eigenvalue weighted by Gasteiger charge is 1.98. The van der Waals surface area contributed by atoms with Gasteiger partial charge in [-0.3, -0.25) is 0 Å². The second-order valence-electron chi connectivity index (χ2n) is 1.99. The lowest BCUT2D eigenvalue weighted by Gasteiger charge is -2.13. The highest BCUT2D eigenvalue weighted by Crippen LogP contribution is 2.06. The third-order valence-electron chi connectivity index (χ3n) is 1.28. The molecule has 0 unspecified atom stereocenters. The maximum atomic E-state index is 3.80. The van der Waals surface area contributed by atoms with E-state index in [1.54, 1.807) is 0 Å². The normalized spacial score (nSPS) is 18.8. The van der Waals surface area contributed by atoms with Crippen LogP contribution in [0.2, 0.25) is 0 Å². The molecule has 0 aliphatic carbocycles. The van der Waals surface area contributed by atoms with Gasteiger partial charge in [-0.05, 0) is 19.3 Å². The van der Waals surface area contributed by atoms with E-state index in [0.29, 0.717) is 0 Å². The number of allylic oxidation sites excluding steroid dienone is 1. The van der Waals surface area contributed by atoms with E-state index in [0.717, 1.165) is 6.54 Å². The van der Waals surface area contributed by atoms with Gasteiger partial charge < -0.3 is 5.32 Å². The number of rotatable bonds is 0. The van der Waals surface area contributed by atoms with Crippen LogP contribution in [0.4, 0.5) is 0 Å². The fourth-order valence-electron chi connectivity index (χ4n) is 0.817. The first-order chi connectivity index (χ1) is 3.39. The van der Waals surface area contributed by atoms with Crippen LogP contribution < -0.4 is 5.32 Å². The third kappa shape index (κ3) is 2.01. The number of piperidine rings is 1. The van der Waals surface area contributed by atoms with Gasteiger partial charge >= 0.3 is 0 Å². The van der Waals surface area contributed by atoms with Crippen molar-refractivity contribution in [3.63, 3.8) is 0 Å². The number of hydrogen-bond donors (Lipinski definition) is 1. The molecule has 1 rings (SSSR count). The minimum absolute atomic E-state index is 0. The maximum absolute atomic E-state index is 3.80. The van der Waals surface area contributed by atoms with Gasteiger partial charge in [0.2, 0.25) is 0 Å². The zero-order valence-corrected chi connectivity index (χ0v) is 4.54. The van der Waals surface area contributed by atoms with Crippen LogP contribution >= 0.6 is 0 Å². The van der Waals surface area contributed by atoms with E-state index in [2.05, 4.69) is 11.9 Å². The highest BCUT2D eigenvalue weighted by molar-refractivity contribution is 4.93. The molecular weight excluding hydrogens is 98.1 g/mol. The molecule has 1 fully saturated rings. The first-order valence-corrected chi connectivity index (χ1v) is 2.81. The summed E-state index contributed by atoms with van der Waals surface area (Å²) in [4.78, 5) is 0. The van der Waals surface area contributed by atoms with Gasteiger partial charge in [-0.1, -0.05) is 14.0 Å². The van der Waals surface area contributed by atoms with Crippen molar-refractivity contribution in [1.29, 1.82) is 0 Å². The average molecular weight is 113 g/mol. The monoisotopic (exact) mass is 113 g/mol. The molecular formula is C7H15N. The van der Waals surface area contributed by atoms with Crippen molar-refractivity contribution in [2.24, 2.45) is 0 Å². The predicted molar refractivity (Wildman–Crippen MR) is 37.7 cm³/mol. The Hall–Kier alpha value is -0.460. The second-order valence-corrected chi connectivity index (χ2v) is 1.99. The smallest absolute Gasteiger partial charge is 0.0143 e. The Labute approximate surface area is 51.8 Å². The molecule has 1 N–H and O–H groups in total. The summed E-state index contributed by atoms with van der Waals surface area (Å²) in [7, 11) is 0. The molecule has 8 heavy (non-hydrogen) atoms. The van der Waals surface area contributed by atoms with Gasteiger partial charge in [-0.25, -0.2) is 0 Å². The molecule has 1 heteroatoms. The Morgan fingerprint density at radius 3 is 2.38 bits per heavy atom. The van der Waals surface area contributed by atoms with Gasteiger partial charge in [0.25, 0.3) is 0 Å². The van der Waals surface area contributed by atoms with E-state index in [1.807, 2.05) is 0 Å². The molecule has 0 saturated carbocycles. The van der Waals surface area contributed by atoms with Crippen LogP contribution in [0.3, 0.4) is 0 Å². The standard InChI is InChI=1S/C6H11N.CH4/c1-6-4-2-3-5-7-6;/h7H,1-5H2;1H4. The van der Waals surface area contributed by atoms with Crippen LogP contribution in [0.1, 0.15) is 26.7 Å². The van der Waals surface area contributed by atoms with Gasteiger partial charge in [-0.15, -0.1) is 0 Å². The summed E-state index contributed by atoms with van der Waals surface area (Å²) in [5.41, 5.74) is 1.21. The van der Waals surface area contributed by atoms with Crippen LogP contribution in [-0.4, -0.2) is 6.54 Å². The lowest BCUT2D eigenvalue weighted by molar-refractivity contribution is 0.590. The van der Waals surface area contributed by atoms with Gasteiger partial charge in [0, 0.05) is 12.2 Å². The fourth-order valence-corrected chi connectivity index (χ4v) is 0.817. The van der Waals surface area contributed by atoms with Crippen LogP contribution in [0, 0.1) is 0 Å². The Balaban J connectivity index is 0.000000490. The topological polar surface area (TPSA) is 12.0 Å². The van der Waals surface area contributed by atoms with E-state index < -0.39 is 0 Å². The zero-order chi connectivity index (χ0) is 5.11. The van der Waals surface area contributed by atoms with E-state index >= 15 is 0 Å². The fraction of sp³-hybridized carbons (Fsp3) is 0.714. The first-order valence-electron chi connectivity index (χ1n) is 2.81. The van der Waals surface area contributed by atoms with E-state index in [4.69, 9.17) is 0 Å². The summed E-state index contributed by atoms with van der Waals surface area (Å²) in [5, 5.41) is 3.19. The molecule has 0 spiro atoms. The quantitative estimate of drug-likeness (QED) is 0.506. The van der Waals surface area contributed by atoms with Crippen molar-refractivity contribution < 1.29 is 0 Å². The van der Waals surface area contributed by atoms with E-state index in [-0.39, 0.29) is 7.43 Å². The van der Waals surface area contributed by atoms with Crippen LogP contribution in [0.15, 0.2) is 12.3 Å². The van der Waals surface area contributed by atoms with Crippen molar-refractivity contribution in [2.75, 3.05) is 6.54 Å². The van der Waals surface area contributed by atoms with Crippen molar-refractivity contribution in [1.82, 2.24) is 5.32 Å². The summed E-state index contributed by atoms with van der Waals surface area (Å²) in [6.45, 7) is 4.94. The molecule has 1 aliphatic heterocycles. The Morgan fingerprint density at radius 1 is 1.38 bits per heavy atom. The van der Waals surface area contributed by atoms with Gasteiger partial charge in [-0.2, -0.15) is 0 Å². The Kier molecular flexibility index (Phi) is 3.33. The molecule has 0 amide bonds. The number of nitrogens with one attached hydrogen (secondary N) is 1. The molecule has 0 aromatic carbocycles. The van der Waals surface area contributed by atoms with Gasteiger partial charge in [0.1, 0.15) is 0 Å². The van der Waals surface area contributed by atoms with Gasteiger partial charge in [0.15, 0.2) is 0 Å². The van der Waals surface area contributed by atoms with Crippen molar-refractivity contribution >= 4 is 0 Å². The number of hydrogen-bond acceptors (Lipinski definition) is 1. The second kappa shape index (κ2) is 3.53. The average Bonchev–Trinajstić information content (AvgIpc) is 1.69. The minimum Gasteiger partial charge on any atom is -0.389 e. The molecule has 48 valence electrons. The third-order valence-corrected chi connectivity index (χ3v) is 1.28. The lowest BCUT2D eigenvalue weighted by atomic mass is 10.1. The molecule has 1 heterocycles. The SMILES string of the molecule is C.C=C1CCCCN1. The largest absolute Gasteiger partial charge is 0.389 e. The maximum Gasteiger partial charge on any atom is 0.0143 e. The summed E-state index contributed by atoms with van der Waals surface area (Å²) in [6, 6.07) is 0. The zero-order valence-electron chi connectivity index (χ0n) is 4.54. The molecule has 1 nitrogen and oxygen atoms in total. The first kappa shape index (κ1) is 7.54. The Morgan fingerprint density at radius 2 is 2.12 bits per heavy atom. The molecule has 0 aromatic rings. The summed E-state index contributed by atoms with van der Waals surface area (Å²) in [6.07, 6.45) is 3.82. The lowest BCUT2D eigenvalue weighted by Crippen LogP contribution is -2.18. The molecule has 1 aliphatic rings. The van der Waals surface area contributed by atoms with Crippen LogP contribution in [0.25, 0.3) is 0 Å². The molecule has 0 aromatic heterocycles. The molecule has 1 saturated heterocycles. The molecule has 0 atom stereocenters. The van der Waals surface area contributed by atoms with E-state index in [9.17, 15) is 0 Å². The summed E-state index contributed by atoms with van der Waals surface area (Å²) >= 11 is 0. The Bertz CT molecular complexity index is 68.5. The van der Waals surface area contributed by atoms with Crippen molar-refractivity contribution in [2.45, 2.75) is 26.7 Å². The van der Waals surface area contributed by atoms with Gasteiger partial charge in [0.05, 0.1) is 0 Å². The highest BCUT2D eigenvalue weighted by atomic mass is 14.9. The predicted octanol–water partition coefficient (Wildman–Crippen LogP) is 1.91. The summed E-state index contributed by atoms with van der Waals surface area (Å²) in [5.74, 6) is 0.